The van der Waals surface area contributed by atoms with Crippen LogP contribution in [-0.4, -0.2) is 48.0 Å². The fourth-order valence-corrected chi connectivity index (χ4v) is 4.65. The predicted molar refractivity (Wildman–Crippen MR) is 121 cm³/mol. The van der Waals surface area contributed by atoms with Crippen LogP contribution in [0.4, 0.5) is 10.5 Å². The standard InChI is InChI=1S/C25H31N3O3/c1-2-31-22-14-12-19(13-15-22)23-11-7-17-28(23)24(29)20-8-6-16-27(18-20)25(30)26-21-9-4-3-5-10-21/h3-5,9-10,12-15,20,23H,2,6-8,11,16-18H2,1H3,(H,26,30). The van der Waals surface area contributed by atoms with Crippen molar-refractivity contribution in [2.75, 3.05) is 31.6 Å². The lowest BCUT2D eigenvalue weighted by Crippen LogP contribution is -2.47. The highest BCUT2D eigenvalue weighted by atomic mass is 16.5. The molecule has 2 atom stereocenters. The highest BCUT2D eigenvalue weighted by Gasteiger charge is 2.36. The van der Waals surface area contributed by atoms with Gasteiger partial charge in [-0.1, -0.05) is 30.3 Å². The van der Waals surface area contributed by atoms with E-state index in [1.165, 1.54) is 0 Å². The van der Waals surface area contributed by atoms with E-state index in [0.29, 0.717) is 19.7 Å². The van der Waals surface area contributed by atoms with Gasteiger partial charge in [-0.15, -0.1) is 0 Å². The van der Waals surface area contributed by atoms with Crippen LogP contribution in [0.2, 0.25) is 0 Å². The van der Waals surface area contributed by atoms with Crippen molar-refractivity contribution >= 4 is 17.6 Å². The van der Waals surface area contributed by atoms with Crippen molar-refractivity contribution < 1.29 is 14.3 Å². The minimum Gasteiger partial charge on any atom is -0.494 e. The number of likely N-dealkylation sites (tertiary alicyclic amines) is 2. The van der Waals surface area contributed by atoms with Crippen LogP contribution in [0, 0.1) is 5.92 Å². The first-order valence-electron chi connectivity index (χ1n) is 11.3. The molecule has 31 heavy (non-hydrogen) atoms. The molecule has 0 aliphatic carbocycles. The Bertz CT molecular complexity index is 885. The largest absolute Gasteiger partial charge is 0.494 e. The minimum atomic E-state index is -0.140. The zero-order chi connectivity index (χ0) is 21.6. The molecule has 6 heteroatoms. The molecule has 2 fully saturated rings. The molecule has 0 spiro atoms. The molecule has 4 rings (SSSR count). The second-order valence-electron chi connectivity index (χ2n) is 8.27. The predicted octanol–water partition coefficient (Wildman–Crippen LogP) is 4.69. The number of nitrogens with one attached hydrogen (secondary N) is 1. The Labute approximate surface area is 184 Å². The third-order valence-electron chi connectivity index (χ3n) is 6.19. The second kappa shape index (κ2) is 9.86. The summed E-state index contributed by atoms with van der Waals surface area (Å²) >= 11 is 0. The Kier molecular flexibility index (Phi) is 6.75. The number of rotatable bonds is 5. The lowest BCUT2D eigenvalue weighted by Gasteiger charge is -2.35. The Morgan fingerprint density at radius 3 is 2.48 bits per heavy atom. The Morgan fingerprint density at radius 1 is 1.00 bits per heavy atom. The van der Waals surface area contributed by atoms with Crippen LogP contribution in [0.3, 0.4) is 0 Å². The van der Waals surface area contributed by atoms with Crippen molar-refractivity contribution in [3.8, 4) is 5.75 Å². The minimum absolute atomic E-state index is 0.108. The molecule has 1 N–H and O–H groups in total. The van der Waals surface area contributed by atoms with Crippen molar-refractivity contribution in [1.82, 2.24) is 9.80 Å². The summed E-state index contributed by atoms with van der Waals surface area (Å²) in [6, 6.07) is 17.5. The maximum Gasteiger partial charge on any atom is 0.321 e. The lowest BCUT2D eigenvalue weighted by atomic mass is 9.95. The first-order valence-corrected chi connectivity index (χ1v) is 11.3. The number of para-hydroxylation sites is 1. The molecule has 3 amide bonds. The molecular formula is C25H31N3O3. The SMILES string of the molecule is CCOc1ccc(C2CCCN2C(=O)C2CCCN(C(=O)Nc3ccccc3)C2)cc1. The summed E-state index contributed by atoms with van der Waals surface area (Å²) in [5, 5.41) is 2.94. The van der Waals surface area contributed by atoms with Gasteiger partial charge in [-0.2, -0.15) is 0 Å². The number of piperidine rings is 1. The zero-order valence-electron chi connectivity index (χ0n) is 18.1. The first-order chi connectivity index (χ1) is 15.2. The fourth-order valence-electron chi connectivity index (χ4n) is 4.65. The van der Waals surface area contributed by atoms with Gasteiger partial charge in [-0.25, -0.2) is 4.79 Å². The summed E-state index contributed by atoms with van der Waals surface area (Å²) in [6.45, 7) is 4.56. The summed E-state index contributed by atoms with van der Waals surface area (Å²) < 4.78 is 5.55. The van der Waals surface area contributed by atoms with E-state index < -0.39 is 0 Å². The van der Waals surface area contributed by atoms with Gasteiger partial charge in [-0.3, -0.25) is 4.79 Å². The van der Waals surface area contributed by atoms with Gasteiger partial charge in [0.1, 0.15) is 5.75 Å². The number of amides is 3. The van der Waals surface area contributed by atoms with E-state index >= 15 is 0 Å². The fraction of sp³-hybridized carbons (Fsp3) is 0.440. The average Bonchev–Trinajstić information content (AvgIpc) is 3.30. The number of carbonyl (C=O) groups excluding carboxylic acids is 2. The molecule has 164 valence electrons. The second-order valence-corrected chi connectivity index (χ2v) is 8.27. The molecule has 0 radical (unpaired) electrons. The van der Waals surface area contributed by atoms with Gasteiger partial charge in [-0.05, 0) is 62.4 Å². The molecule has 2 aliphatic rings. The van der Waals surface area contributed by atoms with E-state index in [4.69, 9.17) is 4.74 Å². The third-order valence-corrected chi connectivity index (χ3v) is 6.19. The van der Waals surface area contributed by atoms with E-state index in [2.05, 4.69) is 17.4 Å². The third kappa shape index (κ3) is 5.01. The van der Waals surface area contributed by atoms with Gasteiger partial charge >= 0.3 is 6.03 Å². The van der Waals surface area contributed by atoms with Crippen LogP contribution in [0.15, 0.2) is 54.6 Å². The van der Waals surface area contributed by atoms with Crippen LogP contribution in [-0.2, 0) is 4.79 Å². The van der Waals surface area contributed by atoms with E-state index in [0.717, 1.165) is 49.2 Å². The number of carbonyl (C=O) groups is 2. The van der Waals surface area contributed by atoms with Crippen molar-refractivity contribution in [1.29, 1.82) is 0 Å². The molecular weight excluding hydrogens is 390 g/mol. The van der Waals surface area contributed by atoms with Gasteiger partial charge < -0.3 is 19.9 Å². The normalized spacial score (nSPS) is 21.1. The lowest BCUT2D eigenvalue weighted by molar-refractivity contribution is -0.137. The molecule has 0 aromatic heterocycles. The summed E-state index contributed by atoms with van der Waals surface area (Å²) in [6.07, 6.45) is 3.67. The van der Waals surface area contributed by atoms with Crippen molar-refractivity contribution in [2.45, 2.75) is 38.6 Å². The van der Waals surface area contributed by atoms with Crippen molar-refractivity contribution in [3.05, 3.63) is 60.2 Å². The summed E-state index contributed by atoms with van der Waals surface area (Å²) in [7, 11) is 0. The Hall–Kier alpha value is -3.02. The van der Waals surface area contributed by atoms with Crippen molar-refractivity contribution in [2.24, 2.45) is 5.92 Å². The monoisotopic (exact) mass is 421 g/mol. The average molecular weight is 422 g/mol. The topological polar surface area (TPSA) is 61.9 Å². The molecule has 0 saturated carbocycles. The molecule has 2 aromatic rings. The molecule has 0 bridgehead atoms. The van der Waals surface area contributed by atoms with Crippen LogP contribution in [0.5, 0.6) is 5.75 Å². The van der Waals surface area contributed by atoms with Crippen LogP contribution in [0.25, 0.3) is 0 Å². The molecule has 2 aromatic carbocycles. The zero-order valence-corrected chi connectivity index (χ0v) is 18.1. The van der Waals surface area contributed by atoms with Crippen LogP contribution < -0.4 is 10.1 Å². The van der Waals surface area contributed by atoms with Gasteiger partial charge in [0.25, 0.3) is 0 Å². The number of hydrogen-bond donors (Lipinski definition) is 1. The van der Waals surface area contributed by atoms with Gasteiger partial charge in [0.05, 0.1) is 18.6 Å². The molecule has 2 aliphatic heterocycles. The summed E-state index contributed by atoms with van der Waals surface area (Å²) in [5.74, 6) is 0.890. The van der Waals surface area contributed by atoms with Gasteiger partial charge in [0.2, 0.25) is 5.91 Å². The van der Waals surface area contributed by atoms with E-state index in [1.54, 1.807) is 4.90 Å². The first kappa shape index (κ1) is 21.2. The summed E-state index contributed by atoms with van der Waals surface area (Å²) in [5.41, 5.74) is 1.93. The number of benzene rings is 2. The van der Waals surface area contributed by atoms with Gasteiger partial charge in [0.15, 0.2) is 0 Å². The molecule has 6 nitrogen and oxygen atoms in total. The molecule has 2 heterocycles. The highest BCUT2D eigenvalue weighted by Crippen LogP contribution is 2.35. The van der Waals surface area contributed by atoms with E-state index in [1.807, 2.05) is 54.3 Å². The number of nitrogens with zero attached hydrogens (tertiary/aromatic N) is 2. The maximum atomic E-state index is 13.4. The van der Waals surface area contributed by atoms with Crippen LogP contribution in [0.1, 0.15) is 44.2 Å². The number of hydrogen-bond acceptors (Lipinski definition) is 3. The molecule has 2 saturated heterocycles. The van der Waals surface area contributed by atoms with Gasteiger partial charge in [0, 0.05) is 25.3 Å². The number of urea groups is 1. The molecule has 2 unspecified atom stereocenters. The Morgan fingerprint density at radius 2 is 1.74 bits per heavy atom. The Balaban J connectivity index is 1.40. The highest BCUT2D eigenvalue weighted by molar-refractivity contribution is 5.90. The van der Waals surface area contributed by atoms with E-state index in [-0.39, 0.29) is 23.9 Å². The number of anilines is 1. The van der Waals surface area contributed by atoms with E-state index in [9.17, 15) is 9.59 Å². The quantitative estimate of drug-likeness (QED) is 0.762. The van der Waals surface area contributed by atoms with Crippen molar-refractivity contribution in [3.63, 3.8) is 0 Å². The summed E-state index contributed by atoms with van der Waals surface area (Å²) in [4.78, 5) is 29.9. The van der Waals surface area contributed by atoms with Crippen LogP contribution >= 0.6 is 0 Å². The number of ether oxygens (including phenoxy) is 1. The maximum absolute atomic E-state index is 13.4. The smallest absolute Gasteiger partial charge is 0.321 e.